The van der Waals surface area contributed by atoms with Gasteiger partial charge in [0.05, 0.1) is 7.11 Å². The maximum Gasteiger partial charge on any atom is 0.165 e. The second-order valence-corrected chi connectivity index (χ2v) is 3.55. The summed E-state index contributed by atoms with van der Waals surface area (Å²) >= 11 is 0. The summed E-state index contributed by atoms with van der Waals surface area (Å²) in [4.78, 5) is 0. The summed E-state index contributed by atoms with van der Waals surface area (Å²) in [5.74, 6) is -1.14. The van der Waals surface area contributed by atoms with Crippen molar-refractivity contribution in [3.8, 4) is 22.6 Å². The SMILES string of the molecule is COc1cc(-c2cc(O)cc(F)c2)ccc1F. The molecule has 0 heterocycles. The van der Waals surface area contributed by atoms with Crippen LogP contribution in [0.4, 0.5) is 8.78 Å². The summed E-state index contributed by atoms with van der Waals surface area (Å²) in [7, 11) is 1.35. The molecule has 2 aromatic carbocycles. The Bertz CT molecular complexity index is 533. The lowest BCUT2D eigenvalue weighted by Gasteiger charge is -2.06. The maximum atomic E-state index is 13.2. The second-order valence-electron chi connectivity index (χ2n) is 3.55. The minimum Gasteiger partial charge on any atom is -0.508 e. The van der Waals surface area contributed by atoms with Crippen LogP contribution in [0.2, 0.25) is 0 Å². The molecule has 2 aromatic rings. The summed E-state index contributed by atoms with van der Waals surface area (Å²) in [6.45, 7) is 0. The molecule has 0 amide bonds. The van der Waals surface area contributed by atoms with Crippen molar-refractivity contribution in [3.63, 3.8) is 0 Å². The van der Waals surface area contributed by atoms with Gasteiger partial charge in [0.1, 0.15) is 11.6 Å². The second kappa shape index (κ2) is 4.41. The van der Waals surface area contributed by atoms with E-state index in [9.17, 15) is 13.9 Å². The van der Waals surface area contributed by atoms with Gasteiger partial charge < -0.3 is 9.84 Å². The summed E-state index contributed by atoms with van der Waals surface area (Å²) in [6, 6.07) is 7.83. The van der Waals surface area contributed by atoms with Crippen molar-refractivity contribution in [2.45, 2.75) is 0 Å². The zero-order valence-electron chi connectivity index (χ0n) is 9.08. The molecule has 2 rings (SSSR count). The molecule has 4 heteroatoms. The number of halogens is 2. The first kappa shape index (κ1) is 11.4. The van der Waals surface area contributed by atoms with Crippen LogP contribution in [0, 0.1) is 11.6 Å². The van der Waals surface area contributed by atoms with Gasteiger partial charge in [0, 0.05) is 6.07 Å². The van der Waals surface area contributed by atoms with Crippen LogP contribution in [0.1, 0.15) is 0 Å². The van der Waals surface area contributed by atoms with Crippen molar-refractivity contribution >= 4 is 0 Å². The Hall–Kier alpha value is -2.10. The fourth-order valence-corrected chi connectivity index (χ4v) is 1.58. The third kappa shape index (κ3) is 2.36. The Balaban J connectivity index is 2.52. The summed E-state index contributed by atoms with van der Waals surface area (Å²) in [5.41, 5.74) is 1.03. The zero-order chi connectivity index (χ0) is 12.4. The van der Waals surface area contributed by atoms with Crippen LogP contribution in [-0.2, 0) is 0 Å². The molecule has 0 unspecified atom stereocenters. The molecule has 0 bridgehead atoms. The van der Waals surface area contributed by atoms with Crippen molar-refractivity contribution in [1.29, 1.82) is 0 Å². The highest BCUT2D eigenvalue weighted by molar-refractivity contribution is 5.66. The highest BCUT2D eigenvalue weighted by Crippen LogP contribution is 2.29. The zero-order valence-corrected chi connectivity index (χ0v) is 9.08. The number of ether oxygens (including phenoxy) is 1. The first-order valence-electron chi connectivity index (χ1n) is 4.93. The van der Waals surface area contributed by atoms with E-state index in [1.54, 1.807) is 0 Å². The number of aromatic hydroxyl groups is 1. The summed E-state index contributed by atoms with van der Waals surface area (Å²) < 4.78 is 31.1. The van der Waals surface area contributed by atoms with Crippen molar-refractivity contribution < 1.29 is 18.6 Å². The van der Waals surface area contributed by atoms with Gasteiger partial charge >= 0.3 is 0 Å². The molecule has 0 fully saturated rings. The lowest BCUT2D eigenvalue weighted by Crippen LogP contribution is -1.89. The van der Waals surface area contributed by atoms with Gasteiger partial charge in [-0.25, -0.2) is 8.78 Å². The number of phenolic OH excluding ortho intramolecular Hbond substituents is 1. The predicted octanol–water partition coefficient (Wildman–Crippen LogP) is 3.35. The van der Waals surface area contributed by atoms with Gasteiger partial charge in [-0.3, -0.25) is 0 Å². The lowest BCUT2D eigenvalue weighted by atomic mass is 10.0. The lowest BCUT2D eigenvalue weighted by molar-refractivity contribution is 0.387. The smallest absolute Gasteiger partial charge is 0.165 e. The van der Waals surface area contributed by atoms with Gasteiger partial charge in [-0.05, 0) is 35.4 Å². The van der Waals surface area contributed by atoms with E-state index < -0.39 is 11.6 Å². The molecule has 17 heavy (non-hydrogen) atoms. The van der Waals surface area contributed by atoms with Gasteiger partial charge in [0.25, 0.3) is 0 Å². The highest BCUT2D eigenvalue weighted by atomic mass is 19.1. The van der Waals surface area contributed by atoms with E-state index in [2.05, 4.69) is 0 Å². The van der Waals surface area contributed by atoms with Gasteiger partial charge in [-0.15, -0.1) is 0 Å². The third-order valence-corrected chi connectivity index (χ3v) is 2.37. The largest absolute Gasteiger partial charge is 0.508 e. The number of rotatable bonds is 2. The molecule has 0 atom stereocenters. The first-order valence-corrected chi connectivity index (χ1v) is 4.93. The molecule has 0 radical (unpaired) electrons. The highest BCUT2D eigenvalue weighted by Gasteiger charge is 2.07. The van der Waals surface area contributed by atoms with E-state index in [1.165, 1.54) is 37.4 Å². The van der Waals surface area contributed by atoms with Crippen LogP contribution < -0.4 is 4.74 Å². The minimum atomic E-state index is -0.553. The monoisotopic (exact) mass is 236 g/mol. The molecule has 0 saturated carbocycles. The summed E-state index contributed by atoms with van der Waals surface area (Å²) in [6.07, 6.45) is 0. The quantitative estimate of drug-likeness (QED) is 0.866. The molecule has 0 aromatic heterocycles. The van der Waals surface area contributed by atoms with Crippen molar-refractivity contribution in [3.05, 3.63) is 48.0 Å². The Morgan fingerprint density at radius 3 is 2.41 bits per heavy atom. The molecule has 2 nitrogen and oxygen atoms in total. The standard InChI is InChI=1S/C13H10F2O2/c1-17-13-6-8(2-3-12(13)15)9-4-10(14)7-11(16)5-9/h2-7,16H,1H3. The average Bonchev–Trinajstić information content (AvgIpc) is 2.28. The fraction of sp³-hybridized carbons (Fsp3) is 0.0769. The van der Waals surface area contributed by atoms with E-state index in [1.807, 2.05) is 0 Å². The van der Waals surface area contributed by atoms with E-state index in [0.717, 1.165) is 6.07 Å². The maximum absolute atomic E-state index is 13.2. The number of phenols is 1. The van der Waals surface area contributed by atoms with Crippen molar-refractivity contribution in [2.24, 2.45) is 0 Å². The average molecular weight is 236 g/mol. The number of benzene rings is 2. The first-order chi connectivity index (χ1) is 8.10. The van der Waals surface area contributed by atoms with Gasteiger partial charge in [-0.1, -0.05) is 6.07 Å². The van der Waals surface area contributed by atoms with Crippen LogP contribution >= 0.6 is 0 Å². The van der Waals surface area contributed by atoms with Crippen LogP contribution in [0.15, 0.2) is 36.4 Å². The van der Waals surface area contributed by atoms with Crippen LogP contribution in [-0.4, -0.2) is 12.2 Å². The number of hydrogen-bond acceptors (Lipinski definition) is 2. The Labute approximate surface area is 97.1 Å². The molecular formula is C13H10F2O2. The van der Waals surface area contributed by atoms with E-state index >= 15 is 0 Å². The van der Waals surface area contributed by atoms with Crippen molar-refractivity contribution in [2.75, 3.05) is 7.11 Å². The third-order valence-electron chi connectivity index (χ3n) is 2.37. The number of hydrogen-bond donors (Lipinski definition) is 1. The summed E-state index contributed by atoms with van der Waals surface area (Å²) in [5, 5.41) is 9.29. The van der Waals surface area contributed by atoms with Gasteiger partial charge in [0.15, 0.2) is 11.6 Å². The van der Waals surface area contributed by atoms with E-state index in [4.69, 9.17) is 4.74 Å². The van der Waals surface area contributed by atoms with Crippen molar-refractivity contribution in [1.82, 2.24) is 0 Å². The van der Waals surface area contributed by atoms with Gasteiger partial charge in [0.2, 0.25) is 0 Å². The molecule has 88 valence electrons. The van der Waals surface area contributed by atoms with E-state index in [0.29, 0.717) is 11.1 Å². The molecular weight excluding hydrogens is 226 g/mol. The van der Waals surface area contributed by atoms with Crippen LogP contribution in [0.5, 0.6) is 11.5 Å². The van der Waals surface area contributed by atoms with Crippen LogP contribution in [0.25, 0.3) is 11.1 Å². The Kier molecular flexibility index (Phi) is 2.95. The van der Waals surface area contributed by atoms with Crippen LogP contribution in [0.3, 0.4) is 0 Å². The molecule has 1 N–H and O–H groups in total. The Morgan fingerprint density at radius 1 is 1.00 bits per heavy atom. The minimum absolute atomic E-state index is 0.0752. The normalized spacial score (nSPS) is 10.3. The fourth-order valence-electron chi connectivity index (χ4n) is 1.58. The van der Waals surface area contributed by atoms with E-state index in [-0.39, 0.29) is 11.5 Å². The number of methoxy groups -OCH3 is 1. The molecule has 0 aliphatic rings. The molecule has 0 aliphatic heterocycles. The van der Waals surface area contributed by atoms with Gasteiger partial charge in [-0.2, -0.15) is 0 Å². The predicted molar refractivity (Wildman–Crippen MR) is 60.0 cm³/mol. The molecule has 0 saturated heterocycles. The molecule has 0 spiro atoms. The topological polar surface area (TPSA) is 29.5 Å². The molecule has 0 aliphatic carbocycles. The Morgan fingerprint density at radius 2 is 1.76 bits per heavy atom.